The van der Waals surface area contributed by atoms with E-state index < -0.39 is 0 Å². The Kier molecular flexibility index (Phi) is 8.32. The summed E-state index contributed by atoms with van der Waals surface area (Å²) < 4.78 is 0. The third kappa shape index (κ3) is 6.34. The highest BCUT2D eigenvalue weighted by Crippen LogP contribution is 2.27. The van der Waals surface area contributed by atoms with Crippen molar-refractivity contribution in [3.05, 3.63) is 28.8 Å². The lowest BCUT2D eigenvalue weighted by Crippen LogP contribution is -2.18. The van der Waals surface area contributed by atoms with E-state index in [2.05, 4.69) is 12.2 Å². The van der Waals surface area contributed by atoms with Gasteiger partial charge in [0.2, 0.25) is 5.91 Å². The Morgan fingerprint density at radius 3 is 2.52 bits per heavy atom. The van der Waals surface area contributed by atoms with Crippen molar-refractivity contribution >= 4 is 29.0 Å². The summed E-state index contributed by atoms with van der Waals surface area (Å²) in [5, 5.41) is 3.43. The van der Waals surface area contributed by atoms with Crippen LogP contribution in [-0.4, -0.2) is 11.7 Å². The van der Waals surface area contributed by atoms with Gasteiger partial charge in [-0.2, -0.15) is 0 Å². The average molecular weight is 338 g/mol. The number of halogens is 1. The number of hydrogen-bond donors (Lipinski definition) is 1. The summed E-state index contributed by atoms with van der Waals surface area (Å²) >= 11 is 6.39. The zero-order valence-electron chi connectivity index (χ0n) is 14.6. The van der Waals surface area contributed by atoms with Crippen molar-refractivity contribution in [1.82, 2.24) is 0 Å². The second-order valence-corrected chi connectivity index (χ2v) is 6.81. The number of anilines is 1. The van der Waals surface area contributed by atoms with Crippen LogP contribution < -0.4 is 5.32 Å². The van der Waals surface area contributed by atoms with E-state index in [1.807, 2.05) is 32.9 Å². The minimum Gasteiger partial charge on any atom is -0.325 e. The zero-order chi connectivity index (χ0) is 17.4. The minimum atomic E-state index is -0.0904. The molecule has 0 radical (unpaired) electrons. The summed E-state index contributed by atoms with van der Waals surface area (Å²) in [7, 11) is 0. The lowest BCUT2D eigenvalue weighted by Gasteiger charge is -2.13. The van der Waals surface area contributed by atoms with E-state index in [9.17, 15) is 9.59 Å². The Labute approximate surface area is 144 Å². The van der Waals surface area contributed by atoms with Gasteiger partial charge in [0, 0.05) is 18.3 Å². The molecule has 0 aromatic heterocycles. The van der Waals surface area contributed by atoms with E-state index in [4.69, 9.17) is 11.6 Å². The molecule has 0 bridgehead atoms. The van der Waals surface area contributed by atoms with Gasteiger partial charge in [-0.3, -0.25) is 9.59 Å². The molecule has 0 fully saturated rings. The van der Waals surface area contributed by atoms with Crippen molar-refractivity contribution in [2.75, 3.05) is 5.32 Å². The second-order valence-electron chi connectivity index (χ2n) is 6.43. The molecule has 1 aromatic rings. The lowest BCUT2D eigenvalue weighted by molar-refractivity contribution is -0.122. The van der Waals surface area contributed by atoms with Gasteiger partial charge in [0.1, 0.15) is 5.78 Å². The number of nitrogens with one attached hydrogen (secondary N) is 1. The van der Waals surface area contributed by atoms with Gasteiger partial charge in [-0.25, -0.2) is 0 Å². The fourth-order valence-electron chi connectivity index (χ4n) is 2.44. The highest BCUT2D eigenvalue weighted by molar-refractivity contribution is 6.34. The Balaban J connectivity index is 2.61. The van der Waals surface area contributed by atoms with Gasteiger partial charge in [-0.05, 0) is 30.9 Å². The predicted molar refractivity (Wildman–Crippen MR) is 96.9 cm³/mol. The maximum Gasteiger partial charge on any atom is 0.226 e. The monoisotopic (exact) mass is 337 g/mol. The number of ketones is 1. The average Bonchev–Trinajstić information content (AvgIpc) is 2.50. The molecule has 0 aliphatic carbocycles. The molecule has 0 saturated heterocycles. The van der Waals surface area contributed by atoms with E-state index >= 15 is 0 Å². The van der Waals surface area contributed by atoms with E-state index in [1.54, 1.807) is 6.07 Å². The Bertz CT molecular complexity index is 540. The first-order chi connectivity index (χ1) is 10.9. The van der Waals surface area contributed by atoms with Crippen molar-refractivity contribution < 1.29 is 9.59 Å². The summed E-state index contributed by atoms with van der Waals surface area (Å²) in [6, 6.07) is 5.65. The first-order valence-corrected chi connectivity index (χ1v) is 8.85. The number of Topliss-reactive ketones (excluding diaryl/α,β-unsaturated/α-hetero) is 1. The van der Waals surface area contributed by atoms with Crippen LogP contribution in [0, 0.1) is 11.8 Å². The molecule has 1 aromatic carbocycles. The summed E-state index contributed by atoms with van der Waals surface area (Å²) in [5.74, 6) is 0.333. The van der Waals surface area contributed by atoms with Crippen LogP contribution in [0.3, 0.4) is 0 Å². The van der Waals surface area contributed by atoms with Crippen LogP contribution in [0.2, 0.25) is 5.02 Å². The molecule has 1 unspecified atom stereocenters. The van der Waals surface area contributed by atoms with Crippen molar-refractivity contribution in [3.63, 3.8) is 0 Å². The van der Waals surface area contributed by atoms with E-state index in [1.165, 1.54) is 0 Å². The van der Waals surface area contributed by atoms with Gasteiger partial charge >= 0.3 is 0 Å². The smallest absolute Gasteiger partial charge is 0.226 e. The van der Waals surface area contributed by atoms with E-state index in [0.29, 0.717) is 22.9 Å². The lowest BCUT2D eigenvalue weighted by atomic mass is 9.96. The van der Waals surface area contributed by atoms with Crippen LogP contribution in [0.15, 0.2) is 18.2 Å². The Hall–Kier alpha value is -1.35. The standard InChI is InChI=1S/C19H28ClNO2/c1-5-8-14(4)17(22)12-7-10-15-9-6-11-16(18(15)20)21-19(23)13(2)3/h6,9,11,13-14H,5,7-8,10,12H2,1-4H3,(H,21,23). The summed E-state index contributed by atoms with van der Waals surface area (Å²) in [4.78, 5) is 23.8. The van der Waals surface area contributed by atoms with Gasteiger partial charge in [0.05, 0.1) is 10.7 Å². The fraction of sp³-hybridized carbons (Fsp3) is 0.579. The van der Waals surface area contributed by atoms with Crippen LogP contribution in [-0.2, 0) is 16.0 Å². The van der Waals surface area contributed by atoms with Crippen molar-refractivity contribution in [3.8, 4) is 0 Å². The zero-order valence-corrected chi connectivity index (χ0v) is 15.4. The molecule has 128 valence electrons. The van der Waals surface area contributed by atoms with Gasteiger partial charge in [-0.1, -0.05) is 57.8 Å². The molecule has 3 nitrogen and oxygen atoms in total. The molecule has 23 heavy (non-hydrogen) atoms. The van der Waals surface area contributed by atoms with Gasteiger partial charge in [0.25, 0.3) is 0 Å². The SMILES string of the molecule is CCCC(C)C(=O)CCCc1cccc(NC(=O)C(C)C)c1Cl. The largest absolute Gasteiger partial charge is 0.325 e. The van der Waals surface area contributed by atoms with Crippen molar-refractivity contribution in [1.29, 1.82) is 0 Å². The first-order valence-electron chi connectivity index (χ1n) is 8.47. The number of aryl methyl sites for hydroxylation is 1. The maximum atomic E-state index is 12.0. The van der Waals surface area contributed by atoms with Crippen LogP contribution in [0.4, 0.5) is 5.69 Å². The quantitative estimate of drug-likeness (QED) is 0.667. The molecule has 4 heteroatoms. The van der Waals surface area contributed by atoms with Crippen LogP contribution in [0.1, 0.15) is 58.9 Å². The predicted octanol–water partition coefficient (Wildman–Crippen LogP) is 5.26. The first kappa shape index (κ1) is 19.7. The normalized spacial score (nSPS) is 12.3. The molecule has 1 atom stereocenters. The van der Waals surface area contributed by atoms with Crippen molar-refractivity contribution in [2.24, 2.45) is 11.8 Å². The van der Waals surface area contributed by atoms with Crippen LogP contribution in [0.5, 0.6) is 0 Å². The molecule has 1 rings (SSSR count). The molecule has 0 aliphatic rings. The number of carbonyl (C=O) groups is 2. The van der Waals surface area contributed by atoms with Gasteiger partial charge in [-0.15, -0.1) is 0 Å². The third-order valence-corrected chi connectivity index (χ3v) is 4.45. The van der Waals surface area contributed by atoms with E-state index in [0.717, 1.165) is 31.2 Å². The minimum absolute atomic E-state index is 0.0485. The number of carbonyl (C=O) groups excluding carboxylic acids is 2. The van der Waals surface area contributed by atoms with Crippen LogP contribution >= 0.6 is 11.6 Å². The molecular weight excluding hydrogens is 310 g/mol. The molecule has 0 saturated carbocycles. The summed E-state index contributed by atoms with van der Waals surface area (Å²) in [5.41, 5.74) is 1.62. The molecule has 0 heterocycles. The molecule has 1 amide bonds. The number of hydrogen-bond acceptors (Lipinski definition) is 2. The highest BCUT2D eigenvalue weighted by Gasteiger charge is 2.14. The summed E-state index contributed by atoms with van der Waals surface area (Å²) in [6.07, 6.45) is 4.11. The second kappa shape index (κ2) is 9.71. The Morgan fingerprint density at radius 1 is 1.22 bits per heavy atom. The van der Waals surface area contributed by atoms with Gasteiger partial charge < -0.3 is 5.32 Å². The van der Waals surface area contributed by atoms with E-state index in [-0.39, 0.29) is 17.7 Å². The maximum absolute atomic E-state index is 12.0. The number of amides is 1. The van der Waals surface area contributed by atoms with Gasteiger partial charge in [0.15, 0.2) is 0 Å². The third-order valence-electron chi connectivity index (χ3n) is 4.00. The molecular formula is C19H28ClNO2. The molecule has 0 spiro atoms. The van der Waals surface area contributed by atoms with Crippen molar-refractivity contribution in [2.45, 2.75) is 59.8 Å². The fourth-order valence-corrected chi connectivity index (χ4v) is 2.71. The molecule has 0 aliphatic heterocycles. The highest BCUT2D eigenvalue weighted by atomic mass is 35.5. The van der Waals surface area contributed by atoms with Crippen LogP contribution in [0.25, 0.3) is 0 Å². The number of rotatable bonds is 9. The molecule has 1 N–H and O–H groups in total. The Morgan fingerprint density at radius 2 is 1.91 bits per heavy atom. The summed E-state index contributed by atoms with van der Waals surface area (Å²) in [6.45, 7) is 7.79. The topological polar surface area (TPSA) is 46.2 Å². The number of benzene rings is 1.